The van der Waals surface area contributed by atoms with Gasteiger partial charge in [-0.25, -0.2) is 0 Å². The standard InChI is InChI=1S/C19H24N6O2/c1-13(2)21-5-3-4-18(26)25-11-15(12-25)24-16-8-14(9-23-19(16)27)17-10-20-6-7-22-17/h3-4,6-10,13,15,21,24H,5,11-12H2,1-2H3,(H,23,27)/b4-3+. The summed E-state index contributed by atoms with van der Waals surface area (Å²) in [4.78, 5) is 36.9. The number of carbonyl (C=O) groups is 1. The number of pyridine rings is 1. The number of aromatic amines is 1. The lowest BCUT2D eigenvalue weighted by atomic mass is 10.1. The second-order valence-corrected chi connectivity index (χ2v) is 6.77. The van der Waals surface area contributed by atoms with Crippen LogP contribution in [0.2, 0.25) is 0 Å². The Bertz CT molecular complexity index is 856. The van der Waals surface area contributed by atoms with Crippen molar-refractivity contribution in [3.05, 3.63) is 53.4 Å². The summed E-state index contributed by atoms with van der Waals surface area (Å²) in [6, 6.07) is 2.19. The Morgan fingerprint density at radius 2 is 2.22 bits per heavy atom. The molecule has 1 amide bonds. The predicted molar refractivity (Wildman–Crippen MR) is 104 cm³/mol. The summed E-state index contributed by atoms with van der Waals surface area (Å²) >= 11 is 0. The van der Waals surface area contributed by atoms with Crippen LogP contribution in [0.25, 0.3) is 11.3 Å². The first-order valence-corrected chi connectivity index (χ1v) is 8.97. The van der Waals surface area contributed by atoms with Gasteiger partial charge in [0, 0.05) is 55.9 Å². The molecule has 0 aromatic carbocycles. The van der Waals surface area contributed by atoms with Crippen molar-refractivity contribution in [1.29, 1.82) is 0 Å². The van der Waals surface area contributed by atoms with Gasteiger partial charge in [0.25, 0.3) is 5.56 Å². The molecule has 0 radical (unpaired) electrons. The Balaban J connectivity index is 1.54. The topological polar surface area (TPSA) is 103 Å². The van der Waals surface area contributed by atoms with E-state index in [2.05, 4.69) is 39.4 Å². The molecule has 142 valence electrons. The molecule has 3 N–H and O–H groups in total. The van der Waals surface area contributed by atoms with Gasteiger partial charge in [-0.1, -0.05) is 19.9 Å². The number of likely N-dealkylation sites (tertiary alicyclic amines) is 1. The van der Waals surface area contributed by atoms with Crippen molar-refractivity contribution in [1.82, 2.24) is 25.2 Å². The Hall–Kier alpha value is -3.00. The quantitative estimate of drug-likeness (QED) is 0.630. The van der Waals surface area contributed by atoms with Crippen LogP contribution in [0.15, 0.2) is 47.8 Å². The maximum atomic E-state index is 12.1. The predicted octanol–water partition coefficient (Wildman–Crippen LogP) is 1.01. The molecule has 2 aromatic rings. The Kier molecular flexibility index (Phi) is 5.97. The van der Waals surface area contributed by atoms with Gasteiger partial charge in [0.05, 0.1) is 17.9 Å². The normalized spacial score (nSPS) is 14.6. The van der Waals surface area contributed by atoms with Gasteiger partial charge in [-0.3, -0.25) is 19.6 Å². The molecule has 0 bridgehead atoms. The van der Waals surface area contributed by atoms with Crippen LogP contribution in [0.5, 0.6) is 0 Å². The number of amides is 1. The molecule has 3 rings (SSSR count). The summed E-state index contributed by atoms with van der Waals surface area (Å²) in [5, 5.41) is 6.43. The number of nitrogens with one attached hydrogen (secondary N) is 3. The third-order valence-corrected chi connectivity index (χ3v) is 4.22. The van der Waals surface area contributed by atoms with Crippen molar-refractivity contribution in [2.24, 2.45) is 0 Å². The Morgan fingerprint density at radius 3 is 2.93 bits per heavy atom. The summed E-state index contributed by atoms with van der Waals surface area (Å²) in [6.07, 6.45) is 9.88. The Morgan fingerprint density at radius 1 is 1.41 bits per heavy atom. The zero-order valence-electron chi connectivity index (χ0n) is 15.5. The molecule has 0 saturated carbocycles. The number of H-pyrrole nitrogens is 1. The zero-order chi connectivity index (χ0) is 19.2. The van der Waals surface area contributed by atoms with Gasteiger partial charge in [0.15, 0.2) is 0 Å². The van der Waals surface area contributed by atoms with Crippen LogP contribution in [-0.4, -0.2) is 57.5 Å². The van der Waals surface area contributed by atoms with Crippen LogP contribution in [0, 0.1) is 0 Å². The minimum Gasteiger partial charge on any atom is -0.374 e. The zero-order valence-corrected chi connectivity index (χ0v) is 15.5. The van der Waals surface area contributed by atoms with E-state index < -0.39 is 0 Å². The van der Waals surface area contributed by atoms with Gasteiger partial charge in [-0.05, 0) is 6.07 Å². The largest absolute Gasteiger partial charge is 0.374 e. The lowest BCUT2D eigenvalue weighted by Crippen LogP contribution is -2.57. The molecule has 0 aliphatic carbocycles. The second kappa shape index (κ2) is 8.59. The minimum atomic E-state index is -0.202. The van der Waals surface area contributed by atoms with Crippen molar-refractivity contribution < 1.29 is 4.79 Å². The first-order valence-electron chi connectivity index (χ1n) is 8.97. The van der Waals surface area contributed by atoms with E-state index in [1.165, 1.54) is 0 Å². The van der Waals surface area contributed by atoms with Crippen LogP contribution >= 0.6 is 0 Å². The second-order valence-electron chi connectivity index (χ2n) is 6.77. The number of rotatable bonds is 7. The van der Waals surface area contributed by atoms with E-state index in [1.54, 1.807) is 41.8 Å². The molecule has 1 fully saturated rings. The molecule has 1 aliphatic rings. The van der Waals surface area contributed by atoms with Gasteiger partial charge in [0.1, 0.15) is 5.69 Å². The molecule has 3 heterocycles. The first-order chi connectivity index (χ1) is 13.0. The summed E-state index contributed by atoms with van der Waals surface area (Å²) in [5.74, 6) is -0.0131. The molecule has 8 nitrogen and oxygen atoms in total. The molecule has 0 unspecified atom stereocenters. The molecular formula is C19H24N6O2. The number of anilines is 1. The van der Waals surface area contributed by atoms with E-state index in [0.717, 1.165) is 5.56 Å². The summed E-state index contributed by atoms with van der Waals surface area (Å²) < 4.78 is 0. The smallest absolute Gasteiger partial charge is 0.271 e. The molecule has 8 heteroatoms. The first kappa shape index (κ1) is 18.8. The van der Waals surface area contributed by atoms with Crippen molar-refractivity contribution in [3.63, 3.8) is 0 Å². The van der Waals surface area contributed by atoms with E-state index in [0.29, 0.717) is 37.1 Å². The van der Waals surface area contributed by atoms with Crippen LogP contribution in [0.1, 0.15) is 13.8 Å². The molecule has 0 atom stereocenters. The van der Waals surface area contributed by atoms with Gasteiger partial charge in [-0.15, -0.1) is 0 Å². The van der Waals surface area contributed by atoms with Crippen LogP contribution < -0.4 is 16.2 Å². The fourth-order valence-electron chi connectivity index (χ4n) is 2.73. The SMILES string of the molecule is CC(C)NC/C=C/C(=O)N1CC(Nc2cc(-c3cnccn3)c[nH]c2=O)C1. The minimum absolute atomic E-state index is 0.0131. The summed E-state index contributed by atoms with van der Waals surface area (Å²) in [6.45, 7) is 5.92. The maximum Gasteiger partial charge on any atom is 0.271 e. The summed E-state index contributed by atoms with van der Waals surface area (Å²) in [5.41, 5.74) is 1.72. The van der Waals surface area contributed by atoms with Crippen molar-refractivity contribution in [3.8, 4) is 11.3 Å². The van der Waals surface area contributed by atoms with Gasteiger partial charge >= 0.3 is 0 Å². The fourth-order valence-corrected chi connectivity index (χ4v) is 2.73. The molecule has 1 aliphatic heterocycles. The van der Waals surface area contributed by atoms with E-state index >= 15 is 0 Å². The summed E-state index contributed by atoms with van der Waals surface area (Å²) in [7, 11) is 0. The average Bonchev–Trinajstić information content (AvgIpc) is 2.63. The van der Waals surface area contributed by atoms with Gasteiger partial charge < -0.3 is 20.5 Å². The third-order valence-electron chi connectivity index (χ3n) is 4.22. The van der Waals surface area contributed by atoms with E-state index in [4.69, 9.17) is 0 Å². The van der Waals surface area contributed by atoms with Crippen LogP contribution in [-0.2, 0) is 4.79 Å². The highest BCUT2D eigenvalue weighted by atomic mass is 16.2. The number of hydrogen-bond acceptors (Lipinski definition) is 6. The van der Waals surface area contributed by atoms with Crippen molar-refractivity contribution >= 4 is 11.6 Å². The molecular weight excluding hydrogens is 344 g/mol. The lowest BCUT2D eigenvalue weighted by Gasteiger charge is -2.39. The molecule has 1 saturated heterocycles. The number of nitrogens with zero attached hydrogens (tertiary/aromatic N) is 3. The highest BCUT2D eigenvalue weighted by Gasteiger charge is 2.29. The molecule has 27 heavy (non-hydrogen) atoms. The van der Waals surface area contributed by atoms with Gasteiger partial charge in [0.2, 0.25) is 5.91 Å². The number of hydrogen-bond donors (Lipinski definition) is 3. The third kappa shape index (κ3) is 5.01. The van der Waals surface area contributed by atoms with E-state index in [1.807, 2.05) is 6.08 Å². The highest BCUT2D eigenvalue weighted by Crippen LogP contribution is 2.18. The lowest BCUT2D eigenvalue weighted by molar-refractivity contribution is -0.129. The van der Waals surface area contributed by atoms with E-state index in [9.17, 15) is 9.59 Å². The monoisotopic (exact) mass is 368 g/mol. The average molecular weight is 368 g/mol. The van der Waals surface area contributed by atoms with Crippen LogP contribution in [0.4, 0.5) is 5.69 Å². The van der Waals surface area contributed by atoms with Crippen molar-refractivity contribution in [2.45, 2.75) is 25.9 Å². The fraction of sp³-hybridized carbons (Fsp3) is 0.368. The molecule has 2 aromatic heterocycles. The maximum absolute atomic E-state index is 12.1. The van der Waals surface area contributed by atoms with Gasteiger partial charge in [-0.2, -0.15) is 0 Å². The molecule has 0 spiro atoms. The number of aromatic nitrogens is 3. The van der Waals surface area contributed by atoms with E-state index in [-0.39, 0.29) is 17.5 Å². The Labute approximate surface area is 157 Å². The number of carbonyl (C=O) groups excluding carboxylic acids is 1. The van der Waals surface area contributed by atoms with Crippen LogP contribution in [0.3, 0.4) is 0 Å². The highest BCUT2D eigenvalue weighted by molar-refractivity contribution is 5.88. The van der Waals surface area contributed by atoms with Crippen molar-refractivity contribution in [2.75, 3.05) is 25.0 Å².